The summed E-state index contributed by atoms with van der Waals surface area (Å²) in [6, 6.07) is 12.5. The fraction of sp³-hybridized carbons (Fsp3) is 0.125. The second-order valence-corrected chi connectivity index (χ2v) is 4.38. The zero-order valence-corrected chi connectivity index (χ0v) is 11.0. The SMILES string of the molecule is COc1ccccc1OCc1coc2cc(O)ccc12. The second kappa shape index (κ2) is 5.17. The van der Waals surface area contributed by atoms with Crippen molar-refractivity contribution >= 4 is 11.0 Å². The third-order valence-electron chi connectivity index (χ3n) is 3.09. The number of phenolic OH excluding ortho intramolecular Hbond substituents is 1. The average Bonchev–Trinajstić information content (AvgIpc) is 2.87. The Hall–Kier alpha value is -2.62. The largest absolute Gasteiger partial charge is 0.508 e. The molecule has 0 saturated heterocycles. The molecule has 0 bridgehead atoms. The fourth-order valence-electron chi connectivity index (χ4n) is 2.08. The van der Waals surface area contributed by atoms with Crippen LogP contribution in [0, 0.1) is 0 Å². The molecule has 4 nitrogen and oxygen atoms in total. The molecule has 20 heavy (non-hydrogen) atoms. The first-order chi connectivity index (χ1) is 9.78. The lowest BCUT2D eigenvalue weighted by Gasteiger charge is -2.09. The van der Waals surface area contributed by atoms with Gasteiger partial charge in [0.05, 0.1) is 13.4 Å². The molecule has 0 saturated carbocycles. The molecule has 0 spiro atoms. The van der Waals surface area contributed by atoms with Gasteiger partial charge in [-0.15, -0.1) is 0 Å². The van der Waals surface area contributed by atoms with E-state index in [1.807, 2.05) is 30.3 Å². The molecule has 0 atom stereocenters. The Labute approximate surface area is 116 Å². The van der Waals surface area contributed by atoms with Crippen LogP contribution >= 0.6 is 0 Å². The Kier molecular flexibility index (Phi) is 3.21. The topological polar surface area (TPSA) is 51.8 Å². The highest BCUT2D eigenvalue weighted by Gasteiger charge is 2.09. The van der Waals surface area contributed by atoms with Crippen molar-refractivity contribution in [2.75, 3.05) is 7.11 Å². The van der Waals surface area contributed by atoms with E-state index in [1.54, 1.807) is 25.5 Å². The van der Waals surface area contributed by atoms with Crippen molar-refractivity contribution < 1.29 is 19.0 Å². The predicted octanol–water partition coefficient (Wildman–Crippen LogP) is 3.73. The molecule has 1 aromatic heterocycles. The fourth-order valence-corrected chi connectivity index (χ4v) is 2.08. The van der Waals surface area contributed by atoms with Gasteiger partial charge in [-0.2, -0.15) is 0 Å². The number of hydrogen-bond donors (Lipinski definition) is 1. The number of fused-ring (bicyclic) bond motifs is 1. The maximum atomic E-state index is 9.41. The van der Waals surface area contributed by atoms with Gasteiger partial charge in [0, 0.05) is 17.0 Å². The predicted molar refractivity (Wildman–Crippen MR) is 75.2 cm³/mol. The van der Waals surface area contributed by atoms with Crippen molar-refractivity contribution in [3.05, 3.63) is 54.3 Å². The second-order valence-electron chi connectivity index (χ2n) is 4.38. The normalized spacial score (nSPS) is 10.7. The lowest BCUT2D eigenvalue weighted by molar-refractivity contribution is 0.284. The monoisotopic (exact) mass is 270 g/mol. The van der Waals surface area contributed by atoms with Crippen LogP contribution in [0.15, 0.2) is 53.1 Å². The minimum atomic E-state index is 0.184. The molecule has 102 valence electrons. The van der Waals surface area contributed by atoms with Crippen LogP contribution in [-0.2, 0) is 6.61 Å². The Morgan fingerprint density at radius 1 is 1.10 bits per heavy atom. The highest BCUT2D eigenvalue weighted by Crippen LogP contribution is 2.29. The molecule has 0 aliphatic heterocycles. The number of aromatic hydroxyl groups is 1. The molecule has 0 unspecified atom stereocenters. The van der Waals surface area contributed by atoms with Gasteiger partial charge in [-0.1, -0.05) is 12.1 Å². The van der Waals surface area contributed by atoms with E-state index in [1.165, 1.54) is 0 Å². The minimum Gasteiger partial charge on any atom is -0.508 e. The maximum absolute atomic E-state index is 9.41. The van der Waals surface area contributed by atoms with E-state index in [0.29, 0.717) is 23.7 Å². The van der Waals surface area contributed by atoms with E-state index in [-0.39, 0.29) is 5.75 Å². The molecular formula is C16H14O4. The lowest BCUT2D eigenvalue weighted by atomic mass is 10.2. The quantitative estimate of drug-likeness (QED) is 0.785. The van der Waals surface area contributed by atoms with Gasteiger partial charge in [0.25, 0.3) is 0 Å². The van der Waals surface area contributed by atoms with E-state index in [0.717, 1.165) is 10.9 Å². The lowest BCUT2D eigenvalue weighted by Crippen LogP contribution is -1.96. The highest BCUT2D eigenvalue weighted by molar-refractivity contribution is 5.82. The molecule has 0 aliphatic rings. The Morgan fingerprint density at radius 2 is 1.90 bits per heavy atom. The Balaban J connectivity index is 1.83. The maximum Gasteiger partial charge on any atom is 0.161 e. The third-order valence-corrected chi connectivity index (χ3v) is 3.09. The van der Waals surface area contributed by atoms with Gasteiger partial charge in [0.2, 0.25) is 0 Å². The summed E-state index contributed by atoms with van der Waals surface area (Å²) in [5.41, 5.74) is 1.56. The van der Waals surface area contributed by atoms with E-state index in [9.17, 15) is 5.11 Å². The zero-order chi connectivity index (χ0) is 13.9. The summed E-state index contributed by atoms with van der Waals surface area (Å²) in [7, 11) is 1.61. The van der Waals surface area contributed by atoms with Crippen LogP contribution in [0.4, 0.5) is 0 Å². The molecule has 3 rings (SSSR count). The first-order valence-corrected chi connectivity index (χ1v) is 6.23. The summed E-state index contributed by atoms with van der Waals surface area (Å²) < 4.78 is 16.4. The van der Waals surface area contributed by atoms with Gasteiger partial charge in [-0.05, 0) is 24.3 Å². The van der Waals surface area contributed by atoms with Crippen LogP contribution in [0.3, 0.4) is 0 Å². The first kappa shape index (κ1) is 12.4. The van der Waals surface area contributed by atoms with Gasteiger partial charge >= 0.3 is 0 Å². The van der Waals surface area contributed by atoms with Crippen LogP contribution < -0.4 is 9.47 Å². The smallest absolute Gasteiger partial charge is 0.161 e. The van der Waals surface area contributed by atoms with Crippen molar-refractivity contribution in [1.29, 1.82) is 0 Å². The van der Waals surface area contributed by atoms with Crippen molar-refractivity contribution in [3.63, 3.8) is 0 Å². The summed E-state index contributed by atoms with van der Waals surface area (Å²) in [6.45, 7) is 0.373. The van der Waals surface area contributed by atoms with Gasteiger partial charge in [-0.3, -0.25) is 0 Å². The van der Waals surface area contributed by atoms with Crippen molar-refractivity contribution in [2.45, 2.75) is 6.61 Å². The van der Waals surface area contributed by atoms with E-state index >= 15 is 0 Å². The average molecular weight is 270 g/mol. The summed E-state index contributed by atoms with van der Waals surface area (Å²) in [5, 5.41) is 10.3. The van der Waals surface area contributed by atoms with E-state index < -0.39 is 0 Å². The molecule has 0 fully saturated rings. The Morgan fingerprint density at radius 3 is 2.70 bits per heavy atom. The number of para-hydroxylation sites is 2. The Bertz CT molecular complexity index is 730. The number of phenols is 1. The summed E-state index contributed by atoms with van der Waals surface area (Å²) in [6.07, 6.45) is 1.64. The number of benzene rings is 2. The van der Waals surface area contributed by atoms with Crippen LogP contribution in [0.5, 0.6) is 17.2 Å². The highest BCUT2D eigenvalue weighted by atomic mass is 16.5. The van der Waals surface area contributed by atoms with Gasteiger partial charge in [0.15, 0.2) is 11.5 Å². The third kappa shape index (κ3) is 2.28. The molecule has 1 N–H and O–H groups in total. The van der Waals surface area contributed by atoms with Crippen LogP contribution in [0.1, 0.15) is 5.56 Å². The summed E-state index contributed by atoms with van der Waals surface area (Å²) in [5.74, 6) is 1.56. The van der Waals surface area contributed by atoms with Crippen LogP contribution in [-0.4, -0.2) is 12.2 Å². The number of methoxy groups -OCH3 is 1. The molecule has 0 aliphatic carbocycles. The summed E-state index contributed by atoms with van der Waals surface area (Å²) >= 11 is 0. The molecule has 1 heterocycles. The molecule has 4 heteroatoms. The molecule has 3 aromatic rings. The molecule has 2 aromatic carbocycles. The van der Waals surface area contributed by atoms with Gasteiger partial charge in [0.1, 0.15) is 17.9 Å². The van der Waals surface area contributed by atoms with Crippen LogP contribution in [0.2, 0.25) is 0 Å². The van der Waals surface area contributed by atoms with Gasteiger partial charge in [-0.25, -0.2) is 0 Å². The number of furan rings is 1. The van der Waals surface area contributed by atoms with Crippen molar-refractivity contribution in [3.8, 4) is 17.2 Å². The van der Waals surface area contributed by atoms with Crippen molar-refractivity contribution in [1.82, 2.24) is 0 Å². The number of hydrogen-bond acceptors (Lipinski definition) is 4. The minimum absolute atomic E-state index is 0.184. The zero-order valence-electron chi connectivity index (χ0n) is 11.0. The number of ether oxygens (including phenoxy) is 2. The van der Waals surface area contributed by atoms with Gasteiger partial charge < -0.3 is 19.0 Å². The van der Waals surface area contributed by atoms with E-state index in [2.05, 4.69) is 0 Å². The standard InChI is InChI=1S/C16H14O4/c1-18-14-4-2-3-5-15(14)19-9-11-10-20-16-8-12(17)6-7-13(11)16/h2-8,10,17H,9H2,1H3. The summed E-state index contributed by atoms with van der Waals surface area (Å²) in [4.78, 5) is 0. The first-order valence-electron chi connectivity index (χ1n) is 6.23. The molecule has 0 amide bonds. The van der Waals surface area contributed by atoms with Crippen LogP contribution in [0.25, 0.3) is 11.0 Å². The van der Waals surface area contributed by atoms with Crippen molar-refractivity contribution in [2.24, 2.45) is 0 Å². The van der Waals surface area contributed by atoms with E-state index in [4.69, 9.17) is 13.9 Å². The molecule has 0 radical (unpaired) electrons. The molecular weight excluding hydrogens is 256 g/mol. The number of rotatable bonds is 4.